The smallest absolute Gasteiger partial charge is 0.174 e. The fourth-order valence-corrected chi connectivity index (χ4v) is 0.224. The molecule has 60 valence electrons. The van der Waals surface area contributed by atoms with Crippen LogP contribution in [0, 0.1) is 0 Å². The molecule has 0 N–H and O–H groups in total. The van der Waals surface area contributed by atoms with E-state index in [-0.39, 0.29) is 0 Å². The van der Waals surface area contributed by atoms with Crippen LogP contribution in [0.1, 0.15) is 0 Å². The summed E-state index contributed by atoms with van der Waals surface area (Å²) in [6.45, 7) is 2.22. The van der Waals surface area contributed by atoms with Crippen molar-refractivity contribution < 1.29 is 22.4 Å². The second-order valence-corrected chi connectivity index (χ2v) is 2.10. The predicted molar refractivity (Wildman–Crippen MR) is 33.0 cm³/mol. The van der Waals surface area contributed by atoms with Crippen molar-refractivity contribution in [3.05, 3.63) is 12.7 Å². The van der Waals surface area contributed by atoms with E-state index >= 15 is 0 Å². The maximum Gasteiger partial charge on any atom is 0.696 e. The summed E-state index contributed by atoms with van der Waals surface area (Å²) in [7, 11) is 0.817. The lowest BCUT2D eigenvalue weighted by Crippen LogP contribution is -1.66. The zero-order chi connectivity index (χ0) is 8.57. The molecule has 10 heavy (non-hydrogen) atoms. The quantitative estimate of drug-likeness (QED) is 0.601. The third-order valence-electron chi connectivity index (χ3n) is 0.298. The van der Waals surface area contributed by atoms with Crippen molar-refractivity contribution in [3.63, 3.8) is 0 Å². The third-order valence-corrected chi connectivity index (χ3v) is 0.894. The van der Waals surface area contributed by atoms with Crippen LogP contribution in [0.2, 0.25) is 0 Å². The van der Waals surface area contributed by atoms with Crippen LogP contribution in [0.5, 0.6) is 0 Å². The standard InChI is InChI=1S/C2H2F2.C2H6O3P/c1-2(3)4;1-4-6(3)5-2/h1H2;1-2H3/q;+1. The molecule has 6 heteroatoms. The van der Waals surface area contributed by atoms with E-state index < -0.39 is 14.3 Å². The van der Waals surface area contributed by atoms with Crippen LogP contribution in [0.3, 0.4) is 0 Å². The minimum absolute atomic E-state index is 1.32. The Labute approximate surface area is 58.6 Å². The summed E-state index contributed by atoms with van der Waals surface area (Å²) in [5, 5.41) is 0. The molecule has 0 aliphatic heterocycles. The van der Waals surface area contributed by atoms with Gasteiger partial charge in [-0.05, 0) is 6.58 Å². The van der Waals surface area contributed by atoms with Gasteiger partial charge in [0, 0.05) is 4.57 Å². The molecule has 0 heterocycles. The summed E-state index contributed by atoms with van der Waals surface area (Å²) in [4.78, 5) is 0. The topological polar surface area (TPSA) is 35.5 Å². The van der Waals surface area contributed by atoms with Gasteiger partial charge in [-0.2, -0.15) is 8.78 Å². The normalized spacial score (nSPS) is 7.60. The zero-order valence-electron chi connectivity index (χ0n) is 5.63. The van der Waals surface area contributed by atoms with Gasteiger partial charge in [-0.1, -0.05) is 0 Å². The third kappa shape index (κ3) is 25.5. The lowest BCUT2D eigenvalue weighted by atomic mass is 11.2. The maximum absolute atomic E-state index is 10.1. The minimum atomic E-state index is -1.83. The van der Waals surface area contributed by atoms with Crippen LogP contribution in [0.15, 0.2) is 12.7 Å². The SMILES string of the molecule is C=C(F)F.CO[P+](=O)OC. The first-order chi connectivity index (χ1) is 4.54. The predicted octanol–water partition coefficient (Wildman–Crippen LogP) is 2.33. The van der Waals surface area contributed by atoms with E-state index in [4.69, 9.17) is 0 Å². The Hall–Kier alpha value is -0.380. The Morgan fingerprint density at radius 3 is 1.60 bits per heavy atom. The number of halogens is 2. The monoisotopic (exact) mass is 173 g/mol. The van der Waals surface area contributed by atoms with Crippen molar-refractivity contribution in [2.75, 3.05) is 14.2 Å². The summed E-state index contributed by atoms with van der Waals surface area (Å²) >= 11 is 0. The largest absolute Gasteiger partial charge is 0.696 e. The maximum atomic E-state index is 10.1. The minimum Gasteiger partial charge on any atom is -0.174 e. The van der Waals surface area contributed by atoms with E-state index in [1.165, 1.54) is 14.2 Å². The van der Waals surface area contributed by atoms with Crippen molar-refractivity contribution in [2.24, 2.45) is 0 Å². The van der Waals surface area contributed by atoms with E-state index in [0.29, 0.717) is 0 Å². The summed E-state index contributed by atoms with van der Waals surface area (Å²) in [6, 6.07) is 0. The molecule has 0 saturated carbocycles. The second kappa shape index (κ2) is 8.62. The van der Waals surface area contributed by atoms with Gasteiger partial charge < -0.3 is 0 Å². The van der Waals surface area contributed by atoms with Gasteiger partial charge in [-0.25, -0.2) is 0 Å². The molecule has 0 aromatic carbocycles. The average molecular weight is 173 g/mol. The summed E-state index contributed by atoms with van der Waals surface area (Å²) in [5.41, 5.74) is 0. The van der Waals surface area contributed by atoms with Crippen molar-refractivity contribution in [1.82, 2.24) is 0 Å². The van der Waals surface area contributed by atoms with Crippen LogP contribution < -0.4 is 0 Å². The van der Waals surface area contributed by atoms with Crippen LogP contribution in [-0.2, 0) is 13.6 Å². The molecule has 0 fully saturated rings. The molecule has 0 aromatic heterocycles. The highest BCUT2D eigenvalue weighted by atomic mass is 31.1. The van der Waals surface area contributed by atoms with E-state index in [9.17, 15) is 13.3 Å². The highest BCUT2D eigenvalue weighted by molar-refractivity contribution is 7.33. The van der Waals surface area contributed by atoms with Gasteiger partial charge in [-0.15, -0.1) is 9.05 Å². The van der Waals surface area contributed by atoms with E-state index in [1.54, 1.807) is 0 Å². The molecule has 0 radical (unpaired) electrons. The first-order valence-corrected chi connectivity index (χ1v) is 3.19. The lowest BCUT2D eigenvalue weighted by Gasteiger charge is -1.66. The zero-order valence-corrected chi connectivity index (χ0v) is 6.53. The van der Waals surface area contributed by atoms with Gasteiger partial charge in [0.2, 0.25) is 0 Å². The van der Waals surface area contributed by atoms with E-state index in [2.05, 4.69) is 15.6 Å². The second-order valence-electron chi connectivity index (χ2n) is 0.927. The molecule has 0 rings (SSSR count). The fourth-order valence-electron chi connectivity index (χ4n) is 0.0745. The van der Waals surface area contributed by atoms with Gasteiger partial charge in [0.25, 0.3) is 6.08 Å². The molecule has 3 nitrogen and oxygen atoms in total. The summed E-state index contributed by atoms with van der Waals surface area (Å²) in [5.74, 6) is 0. The summed E-state index contributed by atoms with van der Waals surface area (Å²) < 4.78 is 38.5. The molecular formula is C4H8F2O3P+. The van der Waals surface area contributed by atoms with Crippen molar-refractivity contribution >= 4 is 8.25 Å². The number of rotatable bonds is 2. The first-order valence-electron chi connectivity index (χ1n) is 2.10. The molecule has 0 amide bonds. The molecular weight excluding hydrogens is 165 g/mol. The van der Waals surface area contributed by atoms with Crippen LogP contribution in [0.4, 0.5) is 8.78 Å². The number of hydrogen-bond donors (Lipinski definition) is 0. The van der Waals surface area contributed by atoms with Gasteiger partial charge in [-0.3, -0.25) is 0 Å². The molecule has 0 aliphatic rings. The average Bonchev–Trinajstić information content (AvgIpc) is 1.85. The molecule has 0 aliphatic carbocycles. The molecule has 0 spiro atoms. The molecule has 0 bridgehead atoms. The van der Waals surface area contributed by atoms with Crippen LogP contribution >= 0.6 is 8.25 Å². The van der Waals surface area contributed by atoms with Crippen molar-refractivity contribution in [1.29, 1.82) is 0 Å². The van der Waals surface area contributed by atoms with E-state index in [1.807, 2.05) is 0 Å². The Kier molecular flexibility index (Phi) is 10.6. The summed E-state index contributed by atoms with van der Waals surface area (Å²) in [6.07, 6.45) is -1.83. The Morgan fingerprint density at radius 2 is 1.60 bits per heavy atom. The molecule has 0 atom stereocenters. The molecule has 0 saturated heterocycles. The first kappa shape index (κ1) is 12.3. The van der Waals surface area contributed by atoms with Gasteiger partial charge in [0.1, 0.15) is 0 Å². The van der Waals surface area contributed by atoms with Gasteiger partial charge in [0.15, 0.2) is 0 Å². The van der Waals surface area contributed by atoms with Gasteiger partial charge in [0.05, 0.1) is 14.2 Å². The Morgan fingerprint density at radius 1 is 1.40 bits per heavy atom. The highest BCUT2D eigenvalue weighted by Crippen LogP contribution is 2.18. The highest BCUT2D eigenvalue weighted by Gasteiger charge is 2.10. The van der Waals surface area contributed by atoms with Crippen molar-refractivity contribution in [3.8, 4) is 0 Å². The van der Waals surface area contributed by atoms with Crippen LogP contribution in [-0.4, -0.2) is 14.2 Å². The van der Waals surface area contributed by atoms with Crippen molar-refractivity contribution in [2.45, 2.75) is 0 Å². The lowest BCUT2D eigenvalue weighted by molar-refractivity contribution is 0.302. The van der Waals surface area contributed by atoms with Crippen LogP contribution in [0.25, 0.3) is 0 Å². The Balaban J connectivity index is 0. The van der Waals surface area contributed by atoms with E-state index in [0.717, 1.165) is 0 Å². The molecule has 0 unspecified atom stereocenters. The number of hydrogen-bond acceptors (Lipinski definition) is 3. The molecule has 0 aromatic rings. The fraction of sp³-hybridized carbons (Fsp3) is 0.500. The van der Waals surface area contributed by atoms with Gasteiger partial charge >= 0.3 is 8.25 Å². The Bertz CT molecular complexity index is 107.